The van der Waals surface area contributed by atoms with Gasteiger partial charge in [-0.2, -0.15) is 0 Å². The molecular formula is C30H33NO6S. The molecule has 1 unspecified atom stereocenters. The Morgan fingerprint density at radius 1 is 1.00 bits per heavy atom. The van der Waals surface area contributed by atoms with E-state index in [-0.39, 0.29) is 23.3 Å². The van der Waals surface area contributed by atoms with Crippen molar-refractivity contribution in [2.75, 3.05) is 21.3 Å². The highest BCUT2D eigenvalue weighted by atomic mass is 32.1. The van der Waals surface area contributed by atoms with Gasteiger partial charge in [-0.05, 0) is 58.7 Å². The van der Waals surface area contributed by atoms with Crippen LogP contribution in [0.1, 0.15) is 53.9 Å². The minimum atomic E-state index is -0.872. The van der Waals surface area contributed by atoms with Crippen molar-refractivity contribution in [1.82, 2.24) is 4.90 Å². The molecule has 1 N–H and O–H groups in total. The van der Waals surface area contributed by atoms with Crippen LogP contribution in [-0.2, 0) is 21.5 Å². The van der Waals surface area contributed by atoms with E-state index in [9.17, 15) is 14.7 Å². The van der Waals surface area contributed by atoms with Gasteiger partial charge in [-0.15, -0.1) is 11.3 Å². The number of likely N-dealkylation sites (tertiary alicyclic amines) is 1. The van der Waals surface area contributed by atoms with Gasteiger partial charge in [0.1, 0.15) is 5.76 Å². The second kappa shape index (κ2) is 10.5. The van der Waals surface area contributed by atoms with E-state index in [0.29, 0.717) is 28.4 Å². The van der Waals surface area contributed by atoms with Crippen molar-refractivity contribution in [1.29, 1.82) is 0 Å². The zero-order valence-electron chi connectivity index (χ0n) is 22.7. The number of hydrogen-bond acceptors (Lipinski definition) is 7. The minimum absolute atomic E-state index is 0.0231. The summed E-state index contributed by atoms with van der Waals surface area (Å²) in [6.07, 6.45) is 0. The number of carbonyl (C=O) groups is 2. The molecular weight excluding hydrogens is 502 g/mol. The third-order valence-corrected chi connectivity index (χ3v) is 7.67. The largest absolute Gasteiger partial charge is 0.507 e. The van der Waals surface area contributed by atoms with Crippen LogP contribution in [0.15, 0.2) is 53.4 Å². The van der Waals surface area contributed by atoms with Crippen molar-refractivity contribution in [2.45, 2.75) is 45.7 Å². The van der Waals surface area contributed by atoms with Crippen LogP contribution in [-0.4, -0.2) is 43.0 Å². The number of ether oxygens (including phenoxy) is 3. The van der Waals surface area contributed by atoms with Crippen LogP contribution in [0.2, 0.25) is 0 Å². The number of benzene rings is 2. The number of thiophene rings is 1. The summed E-state index contributed by atoms with van der Waals surface area (Å²) in [5.41, 5.74) is 2.72. The lowest BCUT2D eigenvalue weighted by atomic mass is 9.84. The van der Waals surface area contributed by atoms with Crippen molar-refractivity contribution < 1.29 is 28.9 Å². The summed E-state index contributed by atoms with van der Waals surface area (Å²) < 4.78 is 16.6. The number of aliphatic hydroxyl groups is 1. The second-order valence-corrected chi connectivity index (χ2v) is 11.3. The van der Waals surface area contributed by atoms with E-state index in [2.05, 4.69) is 20.8 Å². The molecule has 1 saturated heterocycles. The third-order valence-electron chi connectivity index (χ3n) is 6.81. The van der Waals surface area contributed by atoms with Crippen molar-refractivity contribution in [3.05, 3.63) is 80.5 Å². The van der Waals surface area contributed by atoms with Gasteiger partial charge < -0.3 is 24.2 Å². The van der Waals surface area contributed by atoms with E-state index in [1.54, 1.807) is 12.1 Å². The number of aliphatic hydroxyl groups excluding tert-OH is 1. The summed E-state index contributed by atoms with van der Waals surface area (Å²) in [7, 11) is 4.52. The van der Waals surface area contributed by atoms with Gasteiger partial charge in [0.15, 0.2) is 11.5 Å². The fourth-order valence-electron chi connectivity index (χ4n) is 4.71. The average Bonchev–Trinajstić information content (AvgIpc) is 3.49. The third kappa shape index (κ3) is 4.88. The summed E-state index contributed by atoms with van der Waals surface area (Å²) in [6, 6.07) is 12.2. The quantitative estimate of drug-likeness (QED) is 0.227. The molecule has 0 bridgehead atoms. The van der Waals surface area contributed by atoms with E-state index in [4.69, 9.17) is 14.2 Å². The number of carbonyl (C=O) groups excluding carboxylic acids is 2. The molecule has 1 aliphatic rings. The first-order valence-electron chi connectivity index (χ1n) is 12.2. The Hall–Kier alpha value is -3.78. The van der Waals surface area contributed by atoms with E-state index >= 15 is 0 Å². The molecule has 7 nitrogen and oxygen atoms in total. The molecule has 4 rings (SSSR count). The zero-order chi connectivity index (χ0) is 27.8. The monoisotopic (exact) mass is 535 g/mol. The highest BCUT2D eigenvalue weighted by molar-refractivity contribution is 7.09. The van der Waals surface area contributed by atoms with Gasteiger partial charge in [-0.3, -0.25) is 9.59 Å². The highest BCUT2D eigenvalue weighted by Crippen LogP contribution is 2.46. The van der Waals surface area contributed by atoms with Crippen LogP contribution < -0.4 is 14.2 Å². The van der Waals surface area contributed by atoms with Gasteiger partial charge in [0.05, 0.1) is 39.5 Å². The summed E-state index contributed by atoms with van der Waals surface area (Å²) in [4.78, 5) is 29.4. The average molecular weight is 536 g/mol. The molecule has 1 fully saturated rings. The number of ketones is 1. The van der Waals surface area contributed by atoms with E-state index < -0.39 is 17.7 Å². The normalized spacial score (nSPS) is 17.1. The first-order chi connectivity index (χ1) is 18.0. The second-order valence-electron chi connectivity index (χ2n) is 10.2. The van der Waals surface area contributed by atoms with Crippen LogP contribution in [0.25, 0.3) is 5.76 Å². The summed E-state index contributed by atoms with van der Waals surface area (Å²) in [5.74, 6) is -0.465. The number of amides is 1. The Labute approximate surface area is 227 Å². The molecule has 8 heteroatoms. The van der Waals surface area contributed by atoms with Crippen molar-refractivity contribution >= 4 is 28.8 Å². The number of nitrogens with zero attached hydrogens (tertiary/aromatic N) is 1. The highest BCUT2D eigenvalue weighted by Gasteiger charge is 2.47. The Morgan fingerprint density at radius 2 is 1.66 bits per heavy atom. The maximum absolute atomic E-state index is 13.6. The van der Waals surface area contributed by atoms with E-state index in [1.807, 2.05) is 42.6 Å². The van der Waals surface area contributed by atoms with Crippen LogP contribution in [0.3, 0.4) is 0 Å². The Kier molecular flexibility index (Phi) is 7.56. The van der Waals surface area contributed by atoms with Gasteiger partial charge in [0.2, 0.25) is 5.75 Å². The zero-order valence-corrected chi connectivity index (χ0v) is 23.6. The fourth-order valence-corrected chi connectivity index (χ4v) is 5.41. The van der Waals surface area contributed by atoms with Crippen molar-refractivity contribution in [3.63, 3.8) is 0 Å². The predicted molar refractivity (Wildman–Crippen MR) is 148 cm³/mol. The maximum Gasteiger partial charge on any atom is 0.295 e. The minimum Gasteiger partial charge on any atom is -0.507 e. The molecule has 1 aliphatic heterocycles. The van der Waals surface area contributed by atoms with Gasteiger partial charge in [0.25, 0.3) is 11.7 Å². The number of rotatable bonds is 7. The van der Waals surface area contributed by atoms with Gasteiger partial charge >= 0.3 is 0 Å². The standard InChI is InChI=1S/C30H33NO6S/c1-17-10-11-19(30(2,3)4)15-21(17)26(32)24-25(18-13-22(35-5)28(37-7)23(14-18)36-6)31(29(34)27(24)33)16-20-9-8-12-38-20/h8-15,25,32H,16H2,1-7H3/b26-24+. The molecule has 1 atom stereocenters. The molecule has 2 heterocycles. The summed E-state index contributed by atoms with van der Waals surface area (Å²) in [6.45, 7) is 8.32. The molecule has 1 aromatic heterocycles. The van der Waals surface area contributed by atoms with E-state index in [1.165, 1.54) is 37.6 Å². The van der Waals surface area contributed by atoms with Crippen LogP contribution in [0.4, 0.5) is 0 Å². The predicted octanol–water partition coefficient (Wildman–Crippen LogP) is 6.00. The number of methoxy groups -OCH3 is 3. The molecule has 38 heavy (non-hydrogen) atoms. The Morgan fingerprint density at radius 3 is 2.18 bits per heavy atom. The molecule has 0 aliphatic carbocycles. The number of aryl methyl sites for hydroxylation is 1. The van der Waals surface area contributed by atoms with E-state index in [0.717, 1.165) is 16.0 Å². The lowest BCUT2D eigenvalue weighted by Gasteiger charge is -2.26. The van der Waals surface area contributed by atoms with Crippen molar-refractivity contribution in [2.24, 2.45) is 0 Å². The summed E-state index contributed by atoms with van der Waals surface area (Å²) in [5, 5.41) is 13.6. The smallest absolute Gasteiger partial charge is 0.295 e. The van der Waals surface area contributed by atoms with Gasteiger partial charge in [-0.25, -0.2) is 0 Å². The molecule has 1 amide bonds. The lowest BCUT2D eigenvalue weighted by Crippen LogP contribution is -2.29. The first kappa shape index (κ1) is 27.3. The lowest BCUT2D eigenvalue weighted by molar-refractivity contribution is -0.140. The summed E-state index contributed by atoms with van der Waals surface area (Å²) >= 11 is 1.49. The molecule has 0 spiro atoms. The SMILES string of the molecule is COc1cc(C2/C(=C(\O)c3cc(C(C)(C)C)ccc3C)C(=O)C(=O)N2Cc2cccs2)cc(OC)c1OC. The topological polar surface area (TPSA) is 85.3 Å². The number of Topliss-reactive ketones (excluding diaryl/α,β-unsaturated/α-hetero) is 1. The first-order valence-corrected chi connectivity index (χ1v) is 13.1. The van der Waals surface area contributed by atoms with Crippen LogP contribution in [0.5, 0.6) is 17.2 Å². The van der Waals surface area contributed by atoms with Gasteiger partial charge in [-0.1, -0.05) is 39.0 Å². The fraction of sp³-hybridized carbons (Fsp3) is 0.333. The van der Waals surface area contributed by atoms with Crippen molar-refractivity contribution in [3.8, 4) is 17.2 Å². The Bertz CT molecular complexity index is 1380. The molecule has 200 valence electrons. The van der Waals surface area contributed by atoms with Crippen LogP contribution in [0, 0.1) is 6.92 Å². The molecule has 2 aromatic carbocycles. The Balaban J connectivity index is 1.99. The molecule has 0 radical (unpaired) electrons. The molecule has 3 aromatic rings. The maximum atomic E-state index is 13.6. The van der Waals surface area contributed by atoms with Gasteiger partial charge in [0, 0.05) is 10.4 Å². The number of hydrogen-bond donors (Lipinski definition) is 1. The molecule has 0 saturated carbocycles. The van der Waals surface area contributed by atoms with Crippen LogP contribution >= 0.6 is 11.3 Å².